The molecule has 2 aromatic carbocycles. The van der Waals surface area contributed by atoms with Crippen molar-refractivity contribution >= 4 is 23.3 Å². The zero-order valence-corrected chi connectivity index (χ0v) is 11.1. The average molecular weight is 249 g/mol. The Morgan fingerprint density at radius 1 is 1.00 bits per heavy atom. The summed E-state index contributed by atoms with van der Waals surface area (Å²) < 4.78 is 5.66. The van der Waals surface area contributed by atoms with E-state index in [9.17, 15) is 0 Å². The van der Waals surface area contributed by atoms with Crippen LogP contribution >= 0.6 is 0 Å². The van der Waals surface area contributed by atoms with E-state index in [1.165, 1.54) is 16.7 Å². The van der Waals surface area contributed by atoms with Crippen LogP contribution in [0.25, 0.3) is 23.3 Å². The number of oxazole rings is 1. The van der Waals surface area contributed by atoms with Crippen LogP contribution in [0.1, 0.15) is 22.6 Å². The van der Waals surface area contributed by atoms with E-state index in [4.69, 9.17) is 4.42 Å². The number of aromatic nitrogens is 1. The normalized spacial score (nSPS) is 11.5. The van der Waals surface area contributed by atoms with Crippen molar-refractivity contribution in [1.82, 2.24) is 4.98 Å². The second-order valence-electron chi connectivity index (χ2n) is 4.71. The smallest absolute Gasteiger partial charge is 0.220 e. The topological polar surface area (TPSA) is 26.0 Å². The van der Waals surface area contributed by atoms with Gasteiger partial charge in [0.2, 0.25) is 5.89 Å². The summed E-state index contributed by atoms with van der Waals surface area (Å²) in [6.45, 7) is 4.20. The number of para-hydroxylation sites is 2. The van der Waals surface area contributed by atoms with Gasteiger partial charge in [-0.15, -0.1) is 0 Å². The Morgan fingerprint density at radius 2 is 1.84 bits per heavy atom. The molecule has 0 aliphatic carbocycles. The van der Waals surface area contributed by atoms with Gasteiger partial charge in [0, 0.05) is 6.08 Å². The average Bonchev–Trinajstić information content (AvgIpc) is 2.82. The minimum Gasteiger partial charge on any atom is -0.437 e. The zero-order valence-electron chi connectivity index (χ0n) is 11.1. The second-order valence-corrected chi connectivity index (χ2v) is 4.71. The number of benzene rings is 2. The van der Waals surface area contributed by atoms with Crippen molar-refractivity contribution in [3.05, 3.63) is 65.0 Å². The van der Waals surface area contributed by atoms with Crippen LogP contribution in [-0.4, -0.2) is 4.98 Å². The van der Waals surface area contributed by atoms with Gasteiger partial charge in [0.15, 0.2) is 5.58 Å². The molecule has 0 N–H and O–H groups in total. The largest absolute Gasteiger partial charge is 0.437 e. The van der Waals surface area contributed by atoms with Crippen LogP contribution in [0.4, 0.5) is 0 Å². The molecule has 0 aliphatic rings. The van der Waals surface area contributed by atoms with Gasteiger partial charge in [0.25, 0.3) is 0 Å². The standard InChI is InChI=1S/C17H15NO/c1-12-7-8-13(2)14(11-12)9-10-17-18-15-5-3-4-6-16(15)19-17/h3-11H,1-2H3/b10-9+. The summed E-state index contributed by atoms with van der Waals surface area (Å²) in [6.07, 6.45) is 3.97. The van der Waals surface area contributed by atoms with E-state index in [1.54, 1.807) is 0 Å². The Morgan fingerprint density at radius 3 is 2.68 bits per heavy atom. The predicted octanol–water partition coefficient (Wildman–Crippen LogP) is 4.62. The van der Waals surface area contributed by atoms with Crippen molar-refractivity contribution in [3.8, 4) is 0 Å². The van der Waals surface area contributed by atoms with Gasteiger partial charge in [-0.25, -0.2) is 4.98 Å². The zero-order chi connectivity index (χ0) is 13.2. The number of aryl methyl sites for hydroxylation is 2. The maximum absolute atomic E-state index is 5.66. The highest BCUT2D eigenvalue weighted by Crippen LogP contribution is 2.18. The first-order valence-electron chi connectivity index (χ1n) is 6.33. The van der Waals surface area contributed by atoms with E-state index in [0.717, 1.165) is 11.1 Å². The van der Waals surface area contributed by atoms with Crippen LogP contribution in [0, 0.1) is 13.8 Å². The lowest BCUT2D eigenvalue weighted by molar-refractivity contribution is 0.589. The van der Waals surface area contributed by atoms with Gasteiger partial charge in [-0.1, -0.05) is 35.9 Å². The van der Waals surface area contributed by atoms with Gasteiger partial charge < -0.3 is 4.42 Å². The maximum atomic E-state index is 5.66. The summed E-state index contributed by atoms with van der Waals surface area (Å²) in [7, 11) is 0. The molecule has 0 saturated heterocycles. The van der Waals surface area contributed by atoms with Gasteiger partial charge in [0.05, 0.1) is 0 Å². The molecule has 1 aromatic heterocycles. The summed E-state index contributed by atoms with van der Waals surface area (Å²) >= 11 is 0. The fraction of sp³-hybridized carbons (Fsp3) is 0.118. The molecule has 0 bridgehead atoms. The molecule has 3 aromatic rings. The van der Waals surface area contributed by atoms with Crippen LogP contribution in [0.3, 0.4) is 0 Å². The molecule has 0 unspecified atom stereocenters. The quantitative estimate of drug-likeness (QED) is 0.662. The van der Waals surface area contributed by atoms with Crippen molar-refractivity contribution in [2.75, 3.05) is 0 Å². The van der Waals surface area contributed by atoms with Crippen molar-refractivity contribution in [2.24, 2.45) is 0 Å². The van der Waals surface area contributed by atoms with Crippen molar-refractivity contribution < 1.29 is 4.42 Å². The first-order valence-corrected chi connectivity index (χ1v) is 6.33. The molecule has 0 fully saturated rings. The van der Waals surface area contributed by atoms with E-state index in [-0.39, 0.29) is 0 Å². The molecule has 94 valence electrons. The molecule has 1 heterocycles. The van der Waals surface area contributed by atoms with E-state index in [0.29, 0.717) is 5.89 Å². The van der Waals surface area contributed by atoms with E-state index < -0.39 is 0 Å². The van der Waals surface area contributed by atoms with Crippen LogP contribution in [0.2, 0.25) is 0 Å². The number of hydrogen-bond acceptors (Lipinski definition) is 2. The molecular formula is C17H15NO. The predicted molar refractivity (Wildman–Crippen MR) is 78.9 cm³/mol. The van der Waals surface area contributed by atoms with E-state index in [1.807, 2.05) is 36.4 Å². The van der Waals surface area contributed by atoms with Gasteiger partial charge >= 0.3 is 0 Å². The molecule has 19 heavy (non-hydrogen) atoms. The molecule has 0 saturated carbocycles. The second kappa shape index (κ2) is 4.73. The third-order valence-electron chi connectivity index (χ3n) is 3.15. The number of nitrogens with zero attached hydrogens (tertiary/aromatic N) is 1. The van der Waals surface area contributed by atoms with Gasteiger partial charge in [-0.3, -0.25) is 0 Å². The Kier molecular flexibility index (Phi) is 2.92. The molecule has 0 aliphatic heterocycles. The van der Waals surface area contributed by atoms with Gasteiger partial charge in [-0.2, -0.15) is 0 Å². The summed E-state index contributed by atoms with van der Waals surface area (Å²) in [5.41, 5.74) is 5.41. The first kappa shape index (κ1) is 11.7. The van der Waals surface area contributed by atoms with Gasteiger partial charge in [-0.05, 0) is 43.2 Å². The first-order chi connectivity index (χ1) is 9.22. The molecule has 0 atom stereocenters. The molecule has 2 heteroatoms. The fourth-order valence-electron chi connectivity index (χ4n) is 2.06. The molecule has 3 rings (SSSR count). The lowest BCUT2D eigenvalue weighted by Gasteiger charge is -2.00. The number of hydrogen-bond donors (Lipinski definition) is 0. The summed E-state index contributed by atoms with van der Waals surface area (Å²) in [5, 5.41) is 0. The summed E-state index contributed by atoms with van der Waals surface area (Å²) in [5.74, 6) is 0.641. The third-order valence-corrected chi connectivity index (χ3v) is 3.15. The molecule has 0 spiro atoms. The summed E-state index contributed by atoms with van der Waals surface area (Å²) in [6, 6.07) is 14.2. The lowest BCUT2D eigenvalue weighted by atomic mass is 10.1. The van der Waals surface area contributed by atoms with Gasteiger partial charge in [0.1, 0.15) is 5.52 Å². The third kappa shape index (κ3) is 2.43. The van der Waals surface area contributed by atoms with Crippen molar-refractivity contribution in [2.45, 2.75) is 13.8 Å². The molecule has 0 amide bonds. The monoisotopic (exact) mass is 249 g/mol. The molecule has 2 nitrogen and oxygen atoms in total. The fourth-order valence-corrected chi connectivity index (χ4v) is 2.06. The van der Waals surface area contributed by atoms with E-state index >= 15 is 0 Å². The van der Waals surface area contributed by atoms with E-state index in [2.05, 4.69) is 37.0 Å². The maximum Gasteiger partial charge on any atom is 0.220 e. The van der Waals surface area contributed by atoms with Crippen LogP contribution in [0.5, 0.6) is 0 Å². The van der Waals surface area contributed by atoms with Crippen molar-refractivity contribution in [3.63, 3.8) is 0 Å². The minimum atomic E-state index is 0.641. The molecular weight excluding hydrogens is 234 g/mol. The Balaban J connectivity index is 1.95. The highest BCUT2D eigenvalue weighted by molar-refractivity contribution is 5.76. The highest BCUT2D eigenvalue weighted by Gasteiger charge is 2.01. The highest BCUT2D eigenvalue weighted by atomic mass is 16.3. The number of fused-ring (bicyclic) bond motifs is 1. The summed E-state index contributed by atoms with van der Waals surface area (Å²) in [4.78, 5) is 4.43. The minimum absolute atomic E-state index is 0.641. The van der Waals surface area contributed by atoms with Crippen LogP contribution in [0.15, 0.2) is 46.9 Å². The van der Waals surface area contributed by atoms with Crippen LogP contribution in [-0.2, 0) is 0 Å². The lowest BCUT2D eigenvalue weighted by Crippen LogP contribution is -1.81. The Bertz CT molecular complexity index is 720. The SMILES string of the molecule is Cc1ccc(C)c(/C=C/c2nc3ccccc3o2)c1. The number of rotatable bonds is 2. The molecule has 0 radical (unpaired) electrons. The van der Waals surface area contributed by atoms with Crippen LogP contribution < -0.4 is 0 Å². The van der Waals surface area contributed by atoms with Crippen molar-refractivity contribution in [1.29, 1.82) is 0 Å². The Labute approximate surface area is 112 Å². The Hall–Kier alpha value is -2.35.